The number of ether oxygens (including phenoxy) is 1. The molecule has 0 aliphatic carbocycles. The largest absolute Gasteiger partial charge is 0.379 e. The molecule has 1 rings (SSSR count). The number of benzene rings is 1. The van der Waals surface area contributed by atoms with Gasteiger partial charge in [-0.25, -0.2) is 0 Å². The number of rotatable bonds is 4. The molecule has 2 nitrogen and oxygen atoms in total. The number of hydrogen-bond acceptors (Lipinski definition) is 2. The van der Waals surface area contributed by atoms with Crippen molar-refractivity contribution in [1.82, 2.24) is 0 Å². The van der Waals surface area contributed by atoms with Crippen LogP contribution in [0.3, 0.4) is 0 Å². The standard InChI is InChI=1S/C13H21NO/c1-9(2)13(15-4)12(14)11-7-5-6-10(3)8-11/h5-9,12-13H,14H2,1-4H3. The molecule has 2 N–H and O–H groups in total. The number of aryl methyl sites for hydroxylation is 1. The molecule has 0 fully saturated rings. The summed E-state index contributed by atoms with van der Waals surface area (Å²) < 4.78 is 5.44. The highest BCUT2D eigenvalue weighted by Crippen LogP contribution is 2.22. The van der Waals surface area contributed by atoms with E-state index >= 15 is 0 Å². The normalized spacial score (nSPS) is 15.3. The van der Waals surface area contributed by atoms with Crippen LogP contribution in [0.4, 0.5) is 0 Å². The molecular weight excluding hydrogens is 186 g/mol. The molecule has 1 aromatic carbocycles. The van der Waals surface area contributed by atoms with E-state index in [1.807, 2.05) is 6.07 Å². The molecule has 84 valence electrons. The highest BCUT2D eigenvalue weighted by Gasteiger charge is 2.22. The van der Waals surface area contributed by atoms with Gasteiger partial charge in [0.25, 0.3) is 0 Å². The topological polar surface area (TPSA) is 35.2 Å². The lowest BCUT2D eigenvalue weighted by molar-refractivity contribution is 0.0437. The van der Waals surface area contributed by atoms with Crippen LogP contribution in [0, 0.1) is 12.8 Å². The van der Waals surface area contributed by atoms with E-state index < -0.39 is 0 Å². The third-order valence-corrected chi connectivity index (χ3v) is 2.71. The zero-order chi connectivity index (χ0) is 11.4. The summed E-state index contributed by atoms with van der Waals surface area (Å²) in [7, 11) is 1.72. The first kappa shape index (κ1) is 12.2. The summed E-state index contributed by atoms with van der Waals surface area (Å²) in [5, 5.41) is 0. The van der Waals surface area contributed by atoms with Crippen LogP contribution in [0.5, 0.6) is 0 Å². The molecule has 0 radical (unpaired) electrons. The van der Waals surface area contributed by atoms with Crippen LogP contribution in [0.1, 0.15) is 31.0 Å². The fourth-order valence-corrected chi connectivity index (χ4v) is 1.90. The van der Waals surface area contributed by atoms with E-state index in [0.717, 1.165) is 5.56 Å². The Bertz CT molecular complexity index is 309. The van der Waals surface area contributed by atoms with Crippen molar-refractivity contribution in [3.8, 4) is 0 Å². The number of hydrogen-bond donors (Lipinski definition) is 1. The predicted octanol–water partition coefficient (Wildman–Crippen LogP) is 2.67. The number of methoxy groups -OCH3 is 1. The summed E-state index contributed by atoms with van der Waals surface area (Å²) >= 11 is 0. The highest BCUT2D eigenvalue weighted by atomic mass is 16.5. The van der Waals surface area contributed by atoms with Gasteiger partial charge in [0, 0.05) is 7.11 Å². The maximum Gasteiger partial charge on any atom is 0.0786 e. The van der Waals surface area contributed by atoms with E-state index in [1.165, 1.54) is 5.56 Å². The van der Waals surface area contributed by atoms with Gasteiger partial charge < -0.3 is 10.5 Å². The SMILES string of the molecule is COC(C(C)C)C(N)c1cccc(C)c1. The molecule has 1 aromatic rings. The molecule has 0 aliphatic heterocycles. The van der Waals surface area contributed by atoms with Gasteiger partial charge in [0.05, 0.1) is 12.1 Å². The van der Waals surface area contributed by atoms with E-state index in [1.54, 1.807) is 7.11 Å². The summed E-state index contributed by atoms with van der Waals surface area (Å²) in [5.74, 6) is 0.422. The second-order valence-electron chi connectivity index (χ2n) is 4.38. The Balaban J connectivity index is 2.87. The predicted molar refractivity (Wildman–Crippen MR) is 63.7 cm³/mol. The van der Waals surface area contributed by atoms with Gasteiger partial charge in [-0.15, -0.1) is 0 Å². The Morgan fingerprint density at radius 3 is 2.40 bits per heavy atom. The quantitative estimate of drug-likeness (QED) is 0.823. The average molecular weight is 207 g/mol. The van der Waals surface area contributed by atoms with Crippen molar-refractivity contribution in [2.24, 2.45) is 11.7 Å². The van der Waals surface area contributed by atoms with E-state index in [4.69, 9.17) is 10.5 Å². The molecule has 15 heavy (non-hydrogen) atoms. The first-order valence-corrected chi connectivity index (χ1v) is 5.41. The van der Waals surface area contributed by atoms with Gasteiger partial charge in [0.15, 0.2) is 0 Å². The van der Waals surface area contributed by atoms with E-state index in [-0.39, 0.29) is 12.1 Å². The summed E-state index contributed by atoms with van der Waals surface area (Å²) in [6.45, 7) is 6.33. The van der Waals surface area contributed by atoms with Gasteiger partial charge in [0.2, 0.25) is 0 Å². The minimum atomic E-state index is -0.0464. The molecular formula is C13H21NO. The van der Waals surface area contributed by atoms with Crippen molar-refractivity contribution in [1.29, 1.82) is 0 Å². The second kappa shape index (κ2) is 5.29. The van der Waals surface area contributed by atoms with E-state index in [0.29, 0.717) is 5.92 Å². The maximum absolute atomic E-state index is 6.19. The maximum atomic E-state index is 6.19. The summed E-state index contributed by atoms with van der Waals surface area (Å²) in [5.41, 5.74) is 8.58. The molecule has 0 aliphatic rings. The first-order chi connectivity index (χ1) is 7.06. The van der Waals surface area contributed by atoms with E-state index in [2.05, 4.69) is 39.0 Å². The third-order valence-electron chi connectivity index (χ3n) is 2.71. The molecule has 0 spiro atoms. The van der Waals surface area contributed by atoms with Crippen LogP contribution >= 0.6 is 0 Å². The lowest BCUT2D eigenvalue weighted by atomic mass is 9.93. The molecule has 2 atom stereocenters. The zero-order valence-corrected chi connectivity index (χ0v) is 10.0. The molecule has 0 amide bonds. The molecule has 2 unspecified atom stereocenters. The molecule has 0 aromatic heterocycles. The second-order valence-corrected chi connectivity index (χ2v) is 4.38. The van der Waals surface area contributed by atoms with Crippen LogP contribution < -0.4 is 5.73 Å². The average Bonchev–Trinajstić information content (AvgIpc) is 2.18. The smallest absolute Gasteiger partial charge is 0.0786 e. The number of nitrogens with two attached hydrogens (primary N) is 1. The van der Waals surface area contributed by atoms with Gasteiger partial charge in [-0.2, -0.15) is 0 Å². The Morgan fingerprint density at radius 2 is 1.93 bits per heavy atom. The fraction of sp³-hybridized carbons (Fsp3) is 0.538. The van der Waals surface area contributed by atoms with Crippen molar-refractivity contribution in [2.45, 2.75) is 32.9 Å². The van der Waals surface area contributed by atoms with Crippen molar-refractivity contribution >= 4 is 0 Å². The van der Waals surface area contributed by atoms with Crippen LogP contribution in [-0.4, -0.2) is 13.2 Å². The van der Waals surface area contributed by atoms with Crippen LogP contribution in [0.25, 0.3) is 0 Å². The monoisotopic (exact) mass is 207 g/mol. The van der Waals surface area contributed by atoms with Crippen LogP contribution in [0.2, 0.25) is 0 Å². The molecule has 0 bridgehead atoms. The van der Waals surface area contributed by atoms with Gasteiger partial charge in [-0.05, 0) is 18.4 Å². The summed E-state index contributed by atoms with van der Waals surface area (Å²) in [6.07, 6.45) is 0.0757. The molecule has 0 heterocycles. The van der Waals surface area contributed by atoms with Gasteiger partial charge in [-0.3, -0.25) is 0 Å². The molecule has 2 heteroatoms. The zero-order valence-electron chi connectivity index (χ0n) is 10.0. The van der Waals surface area contributed by atoms with Gasteiger partial charge in [0.1, 0.15) is 0 Å². The Labute approximate surface area is 92.4 Å². The van der Waals surface area contributed by atoms with Gasteiger partial charge in [-0.1, -0.05) is 43.7 Å². The van der Waals surface area contributed by atoms with Crippen molar-refractivity contribution in [3.05, 3.63) is 35.4 Å². The first-order valence-electron chi connectivity index (χ1n) is 5.41. The Hall–Kier alpha value is -0.860. The Morgan fingerprint density at radius 1 is 1.27 bits per heavy atom. The lowest BCUT2D eigenvalue weighted by Gasteiger charge is -2.26. The summed E-state index contributed by atoms with van der Waals surface area (Å²) in [4.78, 5) is 0. The van der Waals surface area contributed by atoms with Crippen molar-refractivity contribution < 1.29 is 4.74 Å². The Kier molecular flexibility index (Phi) is 4.30. The minimum Gasteiger partial charge on any atom is -0.379 e. The van der Waals surface area contributed by atoms with Crippen molar-refractivity contribution in [2.75, 3.05) is 7.11 Å². The highest BCUT2D eigenvalue weighted by molar-refractivity contribution is 5.25. The van der Waals surface area contributed by atoms with Crippen LogP contribution in [0.15, 0.2) is 24.3 Å². The van der Waals surface area contributed by atoms with Gasteiger partial charge >= 0.3 is 0 Å². The molecule has 0 saturated heterocycles. The fourth-order valence-electron chi connectivity index (χ4n) is 1.90. The van der Waals surface area contributed by atoms with E-state index in [9.17, 15) is 0 Å². The lowest BCUT2D eigenvalue weighted by Crippen LogP contribution is -2.32. The van der Waals surface area contributed by atoms with Crippen molar-refractivity contribution in [3.63, 3.8) is 0 Å². The minimum absolute atomic E-state index is 0.0464. The third kappa shape index (κ3) is 3.05. The van der Waals surface area contributed by atoms with Crippen LogP contribution in [-0.2, 0) is 4.74 Å². The summed E-state index contributed by atoms with van der Waals surface area (Å²) in [6, 6.07) is 8.26. The molecule has 0 saturated carbocycles.